The van der Waals surface area contributed by atoms with Crippen LogP contribution in [-0.4, -0.2) is 52.5 Å². The first-order chi connectivity index (χ1) is 13.8. The second-order valence-corrected chi connectivity index (χ2v) is 9.10. The number of benzene rings is 2. The molecule has 158 valence electrons. The van der Waals surface area contributed by atoms with E-state index in [1.54, 1.807) is 0 Å². The van der Waals surface area contributed by atoms with Crippen LogP contribution in [0.25, 0.3) is 0 Å². The number of rotatable bonds is 11. The van der Waals surface area contributed by atoms with Crippen LogP contribution in [0.5, 0.6) is 0 Å². The normalized spacial score (nSPS) is 12.4. The smallest absolute Gasteiger partial charge is 0.244 e. The Balaban J connectivity index is 1.99. The standard InChI is InChI=1S/C20H26FN3O3S2/c1-24(16-8-4-3-5-9-16)14-13-22-20(25)18(12-15-28-2)23-29(26,27)19-11-7-6-10-17(19)21/h3-11,18,23H,12-15H2,1-2H3,(H,22,25). The molecule has 0 aromatic heterocycles. The van der Waals surface area contributed by atoms with Gasteiger partial charge in [-0.2, -0.15) is 16.5 Å². The average Bonchev–Trinajstić information content (AvgIpc) is 2.71. The van der Waals surface area contributed by atoms with Gasteiger partial charge in [0.15, 0.2) is 0 Å². The van der Waals surface area contributed by atoms with E-state index >= 15 is 0 Å². The Bertz CT molecular complexity index is 895. The monoisotopic (exact) mass is 439 g/mol. The van der Waals surface area contributed by atoms with Gasteiger partial charge in [0.25, 0.3) is 0 Å². The number of carbonyl (C=O) groups excluding carboxylic acids is 1. The number of halogens is 1. The highest BCUT2D eigenvalue weighted by Gasteiger charge is 2.27. The highest BCUT2D eigenvalue weighted by Crippen LogP contribution is 2.15. The van der Waals surface area contributed by atoms with Gasteiger partial charge in [0.05, 0.1) is 0 Å². The number of carbonyl (C=O) groups is 1. The number of hydrogen-bond acceptors (Lipinski definition) is 5. The molecule has 0 aliphatic rings. The molecule has 0 heterocycles. The number of anilines is 1. The molecule has 0 saturated carbocycles. The Morgan fingerprint density at radius 1 is 1.14 bits per heavy atom. The van der Waals surface area contributed by atoms with Gasteiger partial charge in [-0.3, -0.25) is 4.79 Å². The fourth-order valence-electron chi connectivity index (χ4n) is 2.67. The fraction of sp³-hybridized carbons (Fsp3) is 0.350. The van der Waals surface area contributed by atoms with E-state index in [-0.39, 0.29) is 0 Å². The van der Waals surface area contributed by atoms with Crippen LogP contribution in [0.1, 0.15) is 6.42 Å². The fourth-order valence-corrected chi connectivity index (χ4v) is 4.45. The summed E-state index contributed by atoms with van der Waals surface area (Å²) < 4.78 is 41.4. The molecular formula is C20H26FN3O3S2. The Hall–Kier alpha value is -2.10. The molecule has 0 aliphatic heterocycles. The molecule has 0 radical (unpaired) electrons. The van der Waals surface area contributed by atoms with E-state index < -0.39 is 32.7 Å². The molecule has 2 rings (SSSR count). The molecule has 2 aromatic carbocycles. The minimum atomic E-state index is -4.16. The first-order valence-corrected chi connectivity index (χ1v) is 12.0. The van der Waals surface area contributed by atoms with Crippen molar-refractivity contribution >= 4 is 33.4 Å². The molecule has 29 heavy (non-hydrogen) atoms. The number of nitrogens with zero attached hydrogens (tertiary/aromatic N) is 1. The van der Waals surface area contributed by atoms with Gasteiger partial charge >= 0.3 is 0 Å². The number of sulfonamides is 1. The zero-order chi connectivity index (χ0) is 21.3. The Labute approximate surface area is 175 Å². The molecule has 2 N–H and O–H groups in total. The van der Waals surface area contributed by atoms with Crippen LogP contribution >= 0.6 is 11.8 Å². The van der Waals surface area contributed by atoms with Gasteiger partial charge < -0.3 is 10.2 Å². The number of likely N-dealkylation sites (N-methyl/N-ethyl adjacent to an activating group) is 1. The highest BCUT2D eigenvalue weighted by molar-refractivity contribution is 7.98. The summed E-state index contributed by atoms with van der Waals surface area (Å²) in [5.74, 6) is -0.698. The van der Waals surface area contributed by atoms with Crippen molar-refractivity contribution in [2.75, 3.05) is 37.0 Å². The number of amides is 1. The predicted octanol–water partition coefficient (Wildman–Crippen LogP) is 2.48. The maximum atomic E-state index is 13.9. The lowest BCUT2D eigenvalue weighted by molar-refractivity contribution is -0.122. The minimum Gasteiger partial charge on any atom is -0.373 e. The lowest BCUT2D eigenvalue weighted by atomic mass is 10.2. The summed E-state index contributed by atoms with van der Waals surface area (Å²) in [5, 5.41) is 2.77. The van der Waals surface area contributed by atoms with Crippen molar-refractivity contribution in [2.24, 2.45) is 0 Å². The lowest BCUT2D eigenvalue weighted by Crippen LogP contribution is -2.48. The number of nitrogens with one attached hydrogen (secondary N) is 2. The average molecular weight is 440 g/mol. The Morgan fingerprint density at radius 3 is 2.45 bits per heavy atom. The summed E-state index contributed by atoms with van der Waals surface area (Å²) in [6.45, 7) is 0.909. The van der Waals surface area contributed by atoms with Crippen LogP contribution in [0.3, 0.4) is 0 Å². The largest absolute Gasteiger partial charge is 0.373 e. The zero-order valence-electron chi connectivity index (χ0n) is 16.5. The molecule has 0 fully saturated rings. The first kappa shape index (κ1) is 23.2. The number of hydrogen-bond donors (Lipinski definition) is 2. The second kappa shape index (κ2) is 11.2. The SMILES string of the molecule is CSCCC(NS(=O)(=O)c1ccccc1F)C(=O)NCCN(C)c1ccccc1. The van der Waals surface area contributed by atoms with E-state index in [0.29, 0.717) is 25.3 Å². The van der Waals surface area contributed by atoms with E-state index in [2.05, 4.69) is 10.0 Å². The quantitative estimate of drug-likeness (QED) is 0.562. The highest BCUT2D eigenvalue weighted by atomic mass is 32.2. The van der Waals surface area contributed by atoms with Crippen LogP contribution in [0.15, 0.2) is 59.5 Å². The minimum absolute atomic E-state index is 0.301. The van der Waals surface area contributed by atoms with Crippen molar-refractivity contribution in [1.82, 2.24) is 10.0 Å². The maximum absolute atomic E-state index is 13.9. The van der Waals surface area contributed by atoms with Crippen molar-refractivity contribution in [2.45, 2.75) is 17.4 Å². The van der Waals surface area contributed by atoms with Crippen LogP contribution in [0, 0.1) is 5.82 Å². The summed E-state index contributed by atoms with van der Waals surface area (Å²) in [6.07, 6.45) is 2.17. The molecule has 1 atom stereocenters. The molecular weight excluding hydrogens is 413 g/mol. The van der Waals surface area contributed by atoms with Crippen molar-refractivity contribution in [3.05, 3.63) is 60.4 Å². The third kappa shape index (κ3) is 7.02. The third-order valence-corrected chi connectivity index (χ3v) is 6.44. The summed E-state index contributed by atoms with van der Waals surface area (Å²) in [6, 6.07) is 13.8. The van der Waals surface area contributed by atoms with E-state index in [9.17, 15) is 17.6 Å². The number of para-hydroxylation sites is 1. The molecule has 2 aromatic rings. The van der Waals surface area contributed by atoms with Crippen molar-refractivity contribution < 1.29 is 17.6 Å². The predicted molar refractivity (Wildman–Crippen MR) is 116 cm³/mol. The van der Waals surface area contributed by atoms with Crippen LogP contribution in [-0.2, 0) is 14.8 Å². The van der Waals surface area contributed by atoms with Gasteiger partial charge in [-0.15, -0.1) is 0 Å². The van der Waals surface area contributed by atoms with E-state index in [1.807, 2.05) is 48.5 Å². The zero-order valence-corrected chi connectivity index (χ0v) is 18.1. The van der Waals surface area contributed by atoms with E-state index in [1.165, 1.54) is 30.0 Å². The van der Waals surface area contributed by atoms with Crippen molar-refractivity contribution in [1.29, 1.82) is 0 Å². The second-order valence-electron chi connectivity index (χ2n) is 6.43. The molecule has 9 heteroatoms. The molecule has 0 saturated heterocycles. The van der Waals surface area contributed by atoms with Gasteiger partial charge in [0.1, 0.15) is 16.8 Å². The summed E-state index contributed by atoms with van der Waals surface area (Å²) >= 11 is 1.50. The van der Waals surface area contributed by atoms with Crippen LogP contribution in [0.4, 0.5) is 10.1 Å². The Kier molecular flexibility index (Phi) is 8.94. The molecule has 0 spiro atoms. The van der Waals surface area contributed by atoms with Crippen molar-refractivity contribution in [3.63, 3.8) is 0 Å². The first-order valence-electron chi connectivity index (χ1n) is 9.15. The molecule has 0 aliphatic carbocycles. The summed E-state index contributed by atoms with van der Waals surface area (Å²) in [5.41, 5.74) is 1.01. The molecule has 6 nitrogen and oxygen atoms in total. The Morgan fingerprint density at radius 2 is 1.79 bits per heavy atom. The topological polar surface area (TPSA) is 78.5 Å². The summed E-state index contributed by atoms with van der Waals surface area (Å²) in [4.78, 5) is 14.1. The molecule has 1 unspecified atom stereocenters. The summed E-state index contributed by atoms with van der Waals surface area (Å²) in [7, 11) is -2.25. The number of thioether (sulfide) groups is 1. The maximum Gasteiger partial charge on any atom is 0.244 e. The van der Waals surface area contributed by atoms with Crippen molar-refractivity contribution in [3.8, 4) is 0 Å². The van der Waals surface area contributed by atoms with Gasteiger partial charge in [0.2, 0.25) is 15.9 Å². The van der Waals surface area contributed by atoms with Gasteiger partial charge in [-0.05, 0) is 42.7 Å². The van der Waals surface area contributed by atoms with Gasteiger partial charge in [0, 0.05) is 25.8 Å². The molecule has 1 amide bonds. The third-order valence-electron chi connectivity index (χ3n) is 4.29. The van der Waals surface area contributed by atoms with Gasteiger partial charge in [-0.1, -0.05) is 30.3 Å². The van der Waals surface area contributed by atoms with Crippen LogP contribution in [0.2, 0.25) is 0 Å². The van der Waals surface area contributed by atoms with E-state index in [0.717, 1.165) is 11.8 Å². The van der Waals surface area contributed by atoms with Crippen LogP contribution < -0.4 is 14.9 Å². The van der Waals surface area contributed by atoms with E-state index in [4.69, 9.17) is 0 Å². The lowest BCUT2D eigenvalue weighted by Gasteiger charge is -2.21. The van der Waals surface area contributed by atoms with Gasteiger partial charge in [-0.25, -0.2) is 12.8 Å². The molecule has 0 bridgehead atoms.